The summed E-state index contributed by atoms with van der Waals surface area (Å²) in [6.07, 6.45) is 53.9. The lowest BCUT2D eigenvalue weighted by atomic mass is 9.99. The van der Waals surface area contributed by atoms with Crippen molar-refractivity contribution in [3.05, 3.63) is 24.3 Å². The van der Waals surface area contributed by atoms with Crippen LogP contribution in [0.15, 0.2) is 24.3 Å². The molecule has 1 fully saturated rings. The molecule has 7 atom stereocenters. The van der Waals surface area contributed by atoms with Gasteiger partial charge in [0.2, 0.25) is 5.91 Å². The van der Waals surface area contributed by atoms with Gasteiger partial charge in [0, 0.05) is 6.42 Å². The van der Waals surface area contributed by atoms with Crippen LogP contribution in [0.3, 0.4) is 0 Å². The molecule has 1 heterocycles. The van der Waals surface area contributed by atoms with E-state index in [0.29, 0.717) is 12.8 Å². The molecule has 0 aromatic rings. The minimum atomic E-state index is -1.55. The van der Waals surface area contributed by atoms with Crippen LogP contribution in [0, 0.1) is 0 Å². The fraction of sp³-hybridized carbons (Fsp3) is 0.914. The quantitative estimate of drug-likeness (QED) is 0.0261. The largest absolute Gasteiger partial charge is 0.394 e. The Morgan fingerprint density at radius 3 is 1.28 bits per heavy atom. The van der Waals surface area contributed by atoms with Crippen LogP contribution in [0.1, 0.15) is 284 Å². The van der Waals surface area contributed by atoms with Gasteiger partial charge in [-0.1, -0.05) is 256 Å². The molecule has 0 aliphatic carbocycles. The Bertz CT molecular complexity index is 1100. The zero-order valence-corrected chi connectivity index (χ0v) is 43.9. The number of allylic oxidation sites excluding steroid dienone is 4. The van der Waals surface area contributed by atoms with Crippen molar-refractivity contribution in [1.29, 1.82) is 0 Å². The first-order valence-corrected chi connectivity index (χ1v) is 29.0. The maximum absolute atomic E-state index is 13.0. The number of carbonyl (C=O) groups is 1. The first-order valence-electron chi connectivity index (χ1n) is 29.0. The van der Waals surface area contributed by atoms with Crippen LogP contribution in [-0.2, 0) is 14.3 Å². The molecule has 1 rings (SSSR count). The fourth-order valence-electron chi connectivity index (χ4n) is 9.43. The van der Waals surface area contributed by atoms with E-state index in [-0.39, 0.29) is 12.5 Å². The van der Waals surface area contributed by atoms with E-state index in [1.165, 1.54) is 212 Å². The van der Waals surface area contributed by atoms with Gasteiger partial charge in [0.05, 0.1) is 25.4 Å². The van der Waals surface area contributed by atoms with Crippen molar-refractivity contribution >= 4 is 5.91 Å². The molecule has 67 heavy (non-hydrogen) atoms. The van der Waals surface area contributed by atoms with Crippen LogP contribution in [0.2, 0.25) is 0 Å². The van der Waals surface area contributed by atoms with Crippen LogP contribution in [0.25, 0.3) is 0 Å². The van der Waals surface area contributed by atoms with Crippen LogP contribution < -0.4 is 5.32 Å². The van der Waals surface area contributed by atoms with E-state index < -0.39 is 49.5 Å². The van der Waals surface area contributed by atoms with Gasteiger partial charge in [-0.15, -0.1) is 0 Å². The Kier molecular flexibility index (Phi) is 45.9. The van der Waals surface area contributed by atoms with E-state index in [1.54, 1.807) is 0 Å². The van der Waals surface area contributed by atoms with E-state index >= 15 is 0 Å². The van der Waals surface area contributed by atoms with Gasteiger partial charge >= 0.3 is 0 Å². The predicted molar refractivity (Wildman–Crippen MR) is 281 cm³/mol. The molecule has 1 amide bonds. The van der Waals surface area contributed by atoms with Crippen molar-refractivity contribution in [2.75, 3.05) is 13.2 Å². The minimum absolute atomic E-state index is 0.135. The molecule has 1 saturated heterocycles. The third kappa shape index (κ3) is 38.1. The van der Waals surface area contributed by atoms with E-state index in [1.807, 2.05) is 0 Å². The molecule has 0 saturated carbocycles. The average Bonchev–Trinajstić information content (AvgIpc) is 3.33. The summed E-state index contributed by atoms with van der Waals surface area (Å²) in [5.74, 6) is -0.143. The molecule has 9 nitrogen and oxygen atoms in total. The molecule has 0 aromatic heterocycles. The topological polar surface area (TPSA) is 149 Å². The summed E-state index contributed by atoms with van der Waals surface area (Å²) in [6.45, 7) is 3.83. The summed E-state index contributed by atoms with van der Waals surface area (Å²) in [6, 6.07) is -0.714. The smallest absolute Gasteiger partial charge is 0.220 e. The minimum Gasteiger partial charge on any atom is -0.394 e. The summed E-state index contributed by atoms with van der Waals surface area (Å²) in [7, 11) is 0. The first kappa shape index (κ1) is 63.7. The molecule has 0 bridgehead atoms. The Balaban J connectivity index is 2.03. The lowest BCUT2D eigenvalue weighted by molar-refractivity contribution is -0.302. The highest BCUT2D eigenvalue weighted by Gasteiger charge is 2.44. The van der Waals surface area contributed by atoms with Crippen molar-refractivity contribution < 1.29 is 39.8 Å². The number of carbonyl (C=O) groups excluding carboxylic acids is 1. The molecule has 1 aliphatic rings. The lowest BCUT2D eigenvalue weighted by Gasteiger charge is -2.40. The van der Waals surface area contributed by atoms with E-state index in [4.69, 9.17) is 9.47 Å². The highest BCUT2D eigenvalue weighted by molar-refractivity contribution is 5.76. The highest BCUT2D eigenvalue weighted by atomic mass is 16.7. The fourth-order valence-corrected chi connectivity index (χ4v) is 9.43. The number of hydrogen-bond donors (Lipinski definition) is 6. The maximum atomic E-state index is 13.0. The van der Waals surface area contributed by atoms with Gasteiger partial charge in [0.15, 0.2) is 6.29 Å². The van der Waals surface area contributed by atoms with Crippen molar-refractivity contribution in [3.8, 4) is 0 Å². The zero-order valence-electron chi connectivity index (χ0n) is 43.9. The number of nitrogens with one attached hydrogen (secondary N) is 1. The molecule has 0 aromatic carbocycles. The summed E-state index contributed by atoms with van der Waals surface area (Å²) in [5.41, 5.74) is 0. The molecule has 6 N–H and O–H groups in total. The summed E-state index contributed by atoms with van der Waals surface area (Å²) < 4.78 is 11.3. The van der Waals surface area contributed by atoms with Crippen LogP contribution in [0.4, 0.5) is 0 Å². The lowest BCUT2D eigenvalue weighted by Crippen LogP contribution is -2.60. The first-order chi connectivity index (χ1) is 32.8. The molecule has 9 heteroatoms. The van der Waals surface area contributed by atoms with Crippen molar-refractivity contribution in [3.63, 3.8) is 0 Å². The predicted octanol–water partition coefficient (Wildman–Crippen LogP) is 14.2. The van der Waals surface area contributed by atoms with Gasteiger partial charge in [-0.3, -0.25) is 4.79 Å². The van der Waals surface area contributed by atoms with Gasteiger partial charge in [0.1, 0.15) is 24.4 Å². The van der Waals surface area contributed by atoms with Crippen molar-refractivity contribution in [2.45, 2.75) is 326 Å². The van der Waals surface area contributed by atoms with Gasteiger partial charge in [-0.25, -0.2) is 0 Å². The Morgan fingerprint density at radius 1 is 0.507 bits per heavy atom. The molecule has 7 unspecified atom stereocenters. The average molecular weight is 951 g/mol. The third-order valence-corrected chi connectivity index (χ3v) is 14.1. The highest BCUT2D eigenvalue weighted by Crippen LogP contribution is 2.23. The summed E-state index contributed by atoms with van der Waals surface area (Å²) in [4.78, 5) is 13.0. The summed E-state index contributed by atoms with van der Waals surface area (Å²) >= 11 is 0. The zero-order chi connectivity index (χ0) is 48.7. The third-order valence-electron chi connectivity index (χ3n) is 14.1. The van der Waals surface area contributed by atoms with Crippen molar-refractivity contribution in [2.24, 2.45) is 0 Å². The number of ether oxygens (including phenoxy) is 2. The molecular formula is C58H111NO8. The van der Waals surface area contributed by atoms with Gasteiger partial charge in [-0.2, -0.15) is 0 Å². The van der Waals surface area contributed by atoms with Gasteiger partial charge in [-0.05, 0) is 44.9 Å². The molecular weight excluding hydrogens is 839 g/mol. The molecule has 1 aliphatic heterocycles. The Hall–Kier alpha value is -1.33. The van der Waals surface area contributed by atoms with Crippen LogP contribution in [0.5, 0.6) is 0 Å². The van der Waals surface area contributed by atoms with Gasteiger partial charge in [0.25, 0.3) is 0 Å². The number of aliphatic hydroxyl groups excluding tert-OH is 5. The summed E-state index contributed by atoms with van der Waals surface area (Å²) in [5, 5.41) is 54.4. The van der Waals surface area contributed by atoms with Crippen molar-refractivity contribution in [1.82, 2.24) is 5.32 Å². The Morgan fingerprint density at radius 2 is 0.881 bits per heavy atom. The second-order valence-electron chi connectivity index (χ2n) is 20.4. The second-order valence-corrected chi connectivity index (χ2v) is 20.4. The van der Waals surface area contributed by atoms with Crippen LogP contribution >= 0.6 is 0 Å². The number of aliphatic hydroxyl groups is 5. The standard InChI is InChI=1S/C58H111NO8/c1-3-5-7-9-11-13-14-15-16-17-18-19-20-21-22-23-24-25-26-27-28-29-30-31-32-33-34-35-36-37-38-40-42-44-46-48-54(62)59-51(52(61)47-45-43-41-39-12-10-8-6-4-2)50-66-58-57(65)56(64)55(63)53(49-60)67-58/h20-21,23-24,51-53,55-58,60-61,63-65H,3-19,22,25-50H2,1-2H3,(H,59,62)/b21-20-,24-23-. The Labute approximate surface area is 413 Å². The van der Waals surface area contributed by atoms with E-state index in [9.17, 15) is 30.3 Å². The second kappa shape index (κ2) is 48.3. The maximum Gasteiger partial charge on any atom is 0.220 e. The SMILES string of the molecule is CCCCCCCCCCCCC/C=C\C/C=C\CCCCCCCCCCCCCCCCCCCC(=O)NC(COC1OC(CO)C(O)C(O)C1O)C(O)CCCCCCCCCCC. The number of rotatable bonds is 50. The molecule has 0 spiro atoms. The molecule has 0 radical (unpaired) electrons. The monoisotopic (exact) mass is 950 g/mol. The van der Waals surface area contributed by atoms with Gasteiger partial charge < -0.3 is 40.3 Å². The normalized spacial score (nSPS) is 19.8. The van der Waals surface area contributed by atoms with E-state index in [2.05, 4.69) is 43.5 Å². The van der Waals surface area contributed by atoms with Crippen LogP contribution in [-0.4, -0.2) is 87.5 Å². The number of amides is 1. The number of hydrogen-bond acceptors (Lipinski definition) is 8. The molecule has 396 valence electrons. The van der Waals surface area contributed by atoms with E-state index in [0.717, 1.165) is 44.9 Å². The number of unbranched alkanes of at least 4 members (excludes halogenated alkanes) is 36.